The van der Waals surface area contributed by atoms with Gasteiger partial charge in [0.1, 0.15) is 4.88 Å². The lowest BCUT2D eigenvalue weighted by atomic mass is 10.2. The maximum absolute atomic E-state index is 13.3. The highest BCUT2D eigenvalue weighted by molar-refractivity contribution is 7.97. The number of carbonyl (C=O) groups is 1. The van der Waals surface area contributed by atoms with E-state index in [-0.39, 0.29) is 11.4 Å². The maximum Gasteiger partial charge on any atom is 0.270 e. The van der Waals surface area contributed by atoms with Gasteiger partial charge in [-0.15, -0.1) is 11.3 Å². The Balaban J connectivity index is 1.67. The van der Waals surface area contributed by atoms with Crippen molar-refractivity contribution < 1.29 is 13.2 Å². The fourth-order valence-electron chi connectivity index (χ4n) is 3.10. The summed E-state index contributed by atoms with van der Waals surface area (Å²) in [7, 11) is -4.00. The Labute approximate surface area is 178 Å². The third kappa shape index (κ3) is 3.81. The number of rotatable bonds is 5. The summed E-state index contributed by atoms with van der Waals surface area (Å²) in [6.45, 7) is 0.462. The van der Waals surface area contributed by atoms with E-state index >= 15 is 0 Å². The van der Waals surface area contributed by atoms with E-state index in [4.69, 9.17) is 11.6 Å². The second-order valence-electron chi connectivity index (χ2n) is 6.44. The predicted molar refractivity (Wildman–Crippen MR) is 117 cm³/mol. The van der Waals surface area contributed by atoms with Crippen molar-refractivity contribution in [1.82, 2.24) is 5.32 Å². The molecule has 4 rings (SSSR count). The number of hydrogen-bond donors (Lipinski definition) is 1. The van der Waals surface area contributed by atoms with Gasteiger partial charge in [-0.2, -0.15) is 0 Å². The van der Waals surface area contributed by atoms with Crippen LogP contribution in [-0.2, 0) is 23.1 Å². The van der Waals surface area contributed by atoms with E-state index in [1.807, 2.05) is 48.5 Å². The molecule has 0 saturated heterocycles. The Morgan fingerprint density at radius 2 is 1.76 bits per heavy atom. The average molecular weight is 445 g/mol. The highest BCUT2D eigenvalue weighted by atomic mass is 35.5. The van der Waals surface area contributed by atoms with Crippen LogP contribution in [0.4, 0.5) is 5.69 Å². The number of nitrogens with zero attached hydrogens (tertiary/aromatic N) is 1. The molecule has 0 atom stereocenters. The molecular formula is C21H17ClN2O3S2. The van der Waals surface area contributed by atoms with E-state index in [9.17, 15) is 13.2 Å². The minimum atomic E-state index is -4.00. The smallest absolute Gasteiger partial charge is 0.270 e. The number of fused-ring (bicyclic) bond motifs is 1. The van der Waals surface area contributed by atoms with E-state index in [0.29, 0.717) is 22.1 Å². The summed E-state index contributed by atoms with van der Waals surface area (Å²) in [4.78, 5) is 13.0. The van der Waals surface area contributed by atoms with Crippen LogP contribution in [-0.4, -0.2) is 14.2 Å². The number of ketones is 1. The molecule has 0 saturated carbocycles. The molecule has 29 heavy (non-hydrogen) atoms. The number of anilines is 1. The number of thiophene rings is 1. The quantitative estimate of drug-likeness (QED) is 0.585. The molecule has 0 amide bonds. The number of carbonyl (C=O) groups excluding carboxylic acids is 1. The zero-order chi connectivity index (χ0) is 20.4. The van der Waals surface area contributed by atoms with E-state index in [1.54, 1.807) is 17.5 Å². The van der Waals surface area contributed by atoms with Crippen LogP contribution in [0.3, 0.4) is 0 Å². The summed E-state index contributed by atoms with van der Waals surface area (Å²) in [5.74, 6) is -0.494. The van der Waals surface area contributed by atoms with Crippen LogP contribution in [0.2, 0.25) is 5.02 Å². The van der Waals surface area contributed by atoms with Crippen molar-refractivity contribution in [2.45, 2.75) is 13.1 Å². The van der Waals surface area contributed by atoms with Gasteiger partial charge in [-0.1, -0.05) is 60.1 Å². The number of Topliss-reactive ketones (excluding diaryl/α,β-unsaturated/α-hetero) is 1. The van der Waals surface area contributed by atoms with E-state index in [2.05, 4.69) is 5.32 Å². The first-order chi connectivity index (χ1) is 14.0. The summed E-state index contributed by atoms with van der Waals surface area (Å²) in [6, 6.07) is 18.2. The van der Waals surface area contributed by atoms with Crippen LogP contribution in [0.5, 0.6) is 0 Å². The lowest BCUT2D eigenvalue weighted by molar-refractivity contribution is 0.104. The van der Waals surface area contributed by atoms with Crippen LogP contribution in [0.1, 0.15) is 20.8 Å². The first kappa shape index (κ1) is 19.7. The molecule has 148 valence electrons. The van der Waals surface area contributed by atoms with Gasteiger partial charge in [0.05, 0.1) is 12.2 Å². The topological polar surface area (TPSA) is 66.5 Å². The Morgan fingerprint density at radius 3 is 2.52 bits per heavy atom. The summed E-state index contributed by atoms with van der Waals surface area (Å²) in [6.07, 6.45) is 1.28. The summed E-state index contributed by atoms with van der Waals surface area (Å²) < 4.78 is 27.8. The molecule has 2 heterocycles. The average Bonchev–Trinajstić information content (AvgIpc) is 3.20. The first-order valence-corrected chi connectivity index (χ1v) is 11.5. The third-order valence-corrected chi connectivity index (χ3v) is 7.60. The van der Waals surface area contributed by atoms with Crippen LogP contribution >= 0.6 is 22.9 Å². The second kappa shape index (κ2) is 8.02. The van der Waals surface area contributed by atoms with Gasteiger partial charge in [-0.05, 0) is 28.6 Å². The Morgan fingerprint density at radius 1 is 1.03 bits per heavy atom. The molecular weight excluding hydrogens is 428 g/mol. The Hall–Kier alpha value is -2.61. The molecule has 5 nitrogen and oxygen atoms in total. The van der Waals surface area contributed by atoms with Crippen LogP contribution in [0.25, 0.3) is 0 Å². The largest absolute Gasteiger partial charge is 0.386 e. The summed E-state index contributed by atoms with van der Waals surface area (Å²) in [5, 5.41) is 5.24. The number of sulfonamides is 1. The molecule has 1 N–H and O–H groups in total. The van der Waals surface area contributed by atoms with Gasteiger partial charge in [-0.25, -0.2) is 8.42 Å². The summed E-state index contributed by atoms with van der Waals surface area (Å²) in [5.41, 5.74) is 2.07. The molecule has 1 aliphatic rings. The fourth-order valence-corrected chi connectivity index (χ4v) is 5.81. The normalized spacial score (nSPS) is 16.7. The zero-order valence-electron chi connectivity index (χ0n) is 15.2. The van der Waals surface area contributed by atoms with E-state index in [0.717, 1.165) is 11.1 Å². The first-order valence-electron chi connectivity index (χ1n) is 8.84. The molecule has 1 aliphatic heterocycles. The van der Waals surface area contributed by atoms with Crippen molar-refractivity contribution in [3.05, 3.63) is 98.2 Å². The Bertz CT molecular complexity index is 1190. The lowest BCUT2D eigenvalue weighted by Gasteiger charge is -2.29. The predicted octanol–water partition coefficient (Wildman–Crippen LogP) is 4.57. The van der Waals surface area contributed by atoms with Gasteiger partial charge in [0.25, 0.3) is 10.0 Å². The Kier molecular flexibility index (Phi) is 5.45. The highest BCUT2D eigenvalue weighted by Crippen LogP contribution is 2.39. The minimum absolute atomic E-state index is 0.155. The van der Waals surface area contributed by atoms with Gasteiger partial charge < -0.3 is 5.32 Å². The highest BCUT2D eigenvalue weighted by Gasteiger charge is 2.41. The molecule has 0 fully saturated rings. The van der Waals surface area contributed by atoms with Crippen molar-refractivity contribution >= 4 is 44.4 Å². The number of benzene rings is 2. The van der Waals surface area contributed by atoms with Gasteiger partial charge in [0.2, 0.25) is 5.78 Å². The van der Waals surface area contributed by atoms with Gasteiger partial charge in [0, 0.05) is 17.8 Å². The molecule has 0 bridgehead atoms. The molecule has 0 radical (unpaired) electrons. The molecule has 0 spiro atoms. The molecule has 0 aliphatic carbocycles. The van der Waals surface area contributed by atoms with Gasteiger partial charge in [-0.3, -0.25) is 9.10 Å². The molecule has 3 aromatic rings. The maximum atomic E-state index is 13.3. The van der Waals surface area contributed by atoms with Crippen molar-refractivity contribution in [3.63, 3.8) is 0 Å². The summed E-state index contributed by atoms with van der Waals surface area (Å²) >= 11 is 7.38. The van der Waals surface area contributed by atoms with E-state index < -0.39 is 15.8 Å². The fraction of sp³-hybridized carbons (Fsp3) is 0.0952. The van der Waals surface area contributed by atoms with Crippen LogP contribution < -0.4 is 9.62 Å². The molecule has 8 heteroatoms. The number of halogens is 1. The van der Waals surface area contributed by atoms with Crippen LogP contribution in [0, 0.1) is 0 Å². The third-order valence-electron chi connectivity index (χ3n) is 4.56. The standard InChI is InChI=1S/C21H17ClN2O3S2/c22-17-9-5-4-8-16(17)12-23-13-19-20(25)21-18(10-11-28-21)24(29(19,26)27)14-15-6-2-1-3-7-15/h1-11,13,23H,12,14H2/b19-13-. The van der Waals surface area contributed by atoms with Gasteiger partial charge in [0.15, 0.2) is 4.91 Å². The second-order valence-corrected chi connectivity index (χ2v) is 9.60. The lowest BCUT2D eigenvalue weighted by Crippen LogP contribution is -2.38. The zero-order valence-corrected chi connectivity index (χ0v) is 17.6. The minimum Gasteiger partial charge on any atom is -0.386 e. The molecule has 2 aromatic carbocycles. The SMILES string of the molecule is O=C1/C(=C/NCc2ccccc2Cl)S(=O)(=O)N(Cc2ccccc2)c2ccsc21. The van der Waals surface area contributed by atoms with Gasteiger partial charge >= 0.3 is 0 Å². The number of allylic oxidation sites excluding steroid dienone is 1. The van der Waals surface area contributed by atoms with Crippen molar-refractivity contribution in [2.24, 2.45) is 0 Å². The monoisotopic (exact) mass is 444 g/mol. The number of nitrogens with one attached hydrogen (secondary N) is 1. The van der Waals surface area contributed by atoms with Crippen LogP contribution in [0.15, 0.2) is 77.1 Å². The molecule has 0 unspecified atom stereocenters. The van der Waals surface area contributed by atoms with Crippen molar-refractivity contribution in [1.29, 1.82) is 0 Å². The van der Waals surface area contributed by atoms with Crippen molar-refractivity contribution in [3.8, 4) is 0 Å². The number of hydrogen-bond acceptors (Lipinski definition) is 5. The van der Waals surface area contributed by atoms with Crippen molar-refractivity contribution in [2.75, 3.05) is 4.31 Å². The molecule has 1 aromatic heterocycles. The van der Waals surface area contributed by atoms with E-state index in [1.165, 1.54) is 21.8 Å².